The third kappa shape index (κ3) is 4.35. The monoisotopic (exact) mass is 428 g/mol. The number of halogens is 1. The molecule has 31 heavy (non-hydrogen) atoms. The summed E-state index contributed by atoms with van der Waals surface area (Å²) in [4.78, 5) is 28.0. The van der Waals surface area contributed by atoms with Crippen molar-refractivity contribution < 1.29 is 14.0 Å². The smallest absolute Gasteiger partial charge is 0.227 e. The van der Waals surface area contributed by atoms with Gasteiger partial charge < -0.3 is 15.5 Å². The number of nitrogens with one attached hydrogen (secondary N) is 1. The third-order valence-electron chi connectivity index (χ3n) is 8.16. The molecule has 6 nitrogen and oxygen atoms in total. The second-order valence-electron chi connectivity index (χ2n) is 10.2. The maximum absolute atomic E-state index is 14.9. The highest BCUT2D eigenvalue weighted by atomic mass is 19.1. The Morgan fingerprint density at radius 1 is 1.06 bits per heavy atom. The van der Waals surface area contributed by atoms with Crippen molar-refractivity contribution in [3.8, 4) is 0 Å². The number of piperidine rings is 3. The lowest BCUT2D eigenvalue weighted by atomic mass is 9.89. The summed E-state index contributed by atoms with van der Waals surface area (Å²) in [5, 5.41) is 2.31. The maximum Gasteiger partial charge on any atom is 0.227 e. The van der Waals surface area contributed by atoms with Gasteiger partial charge in [0.1, 0.15) is 5.82 Å². The molecule has 3 N–H and O–H groups in total. The average Bonchev–Trinajstić information content (AvgIpc) is 3.38. The Kier molecular flexibility index (Phi) is 5.51. The predicted octanol–water partition coefficient (Wildman–Crippen LogP) is 2.38. The zero-order chi connectivity index (χ0) is 21.6. The first-order valence-corrected chi connectivity index (χ1v) is 11.8. The lowest BCUT2D eigenvalue weighted by Crippen LogP contribution is -2.42. The molecule has 1 spiro atoms. The van der Waals surface area contributed by atoms with Crippen molar-refractivity contribution >= 4 is 17.5 Å². The van der Waals surface area contributed by atoms with E-state index in [0.717, 1.165) is 38.0 Å². The normalized spacial score (nSPS) is 27.5. The van der Waals surface area contributed by atoms with Gasteiger partial charge in [-0.1, -0.05) is 6.07 Å². The maximum atomic E-state index is 14.9. The second-order valence-corrected chi connectivity index (χ2v) is 10.2. The van der Waals surface area contributed by atoms with Crippen LogP contribution in [0.4, 0.5) is 10.1 Å². The van der Waals surface area contributed by atoms with Crippen LogP contribution in [0.3, 0.4) is 0 Å². The number of nitrogens with zero attached hydrogens (tertiary/aromatic N) is 2. The minimum absolute atomic E-state index is 0.232. The van der Waals surface area contributed by atoms with E-state index in [2.05, 4.69) is 15.1 Å². The quantitative estimate of drug-likeness (QED) is 0.720. The number of anilines is 1. The van der Waals surface area contributed by atoms with Crippen molar-refractivity contribution in [3.05, 3.63) is 29.6 Å². The second kappa shape index (κ2) is 8.17. The summed E-state index contributed by atoms with van der Waals surface area (Å²) in [5.41, 5.74) is 7.96. The number of imide groups is 1. The molecule has 1 atom stereocenters. The fourth-order valence-corrected chi connectivity index (χ4v) is 5.90. The summed E-state index contributed by atoms with van der Waals surface area (Å²) in [5.74, 6) is -0.374. The van der Waals surface area contributed by atoms with Crippen LogP contribution >= 0.6 is 0 Å². The Morgan fingerprint density at radius 2 is 1.71 bits per heavy atom. The number of amides is 2. The molecule has 1 saturated carbocycles. The summed E-state index contributed by atoms with van der Waals surface area (Å²) < 4.78 is 14.9. The number of carbonyl (C=O) groups is 2. The highest BCUT2D eigenvalue weighted by molar-refractivity contribution is 5.98. The van der Waals surface area contributed by atoms with Gasteiger partial charge in [0.05, 0.1) is 5.69 Å². The third-order valence-corrected chi connectivity index (χ3v) is 8.16. The fourth-order valence-electron chi connectivity index (χ4n) is 5.90. The van der Waals surface area contributed by atoms with E-state index in [1.165, 1.54) is 38.4 Å². The highest BCUT2D eigenvalue weighted by Crippen LogP contribution is 2.52. The molecule has 1 aliphatic carbocycles. The summed E-state index contributed by atoms with van der Waals surface area (Å²) >= 11 is 0. The lowest BCUT2D eigenvalue weighted by Gasteiger charge is -2.38. The van der Waals surface area contributed by atoms with Gasteiger partial charge in [-0.3, -0.25) is 14.9 Å². The molecule has 1 aromatic rings. The van der Waals surface area contributed by atoms with Crippen LogP contribution in [0.15, 0.2) is 18.2 Å². The first kappa shape index (κ1) is 20.9. The number of nitrogens with two attached hydrogens (primary N) is 1. The minimum Gasteiger partial charge on any atom is -0.369 e. The number of hydrogen-bond donors (Lipinski definition) is 2. The molecule has 3 aliphatic heterocycles. The van der Waals surface area contributed by atoms with Crippen LogP contribution < -0.4 is 16.0 Å². The molecule has 168 valence electrons. The molecular weight excluding hydrogens is 395 g/mol. The molecule has 0 bridgehead atoms. The van der Waals surface area contributed by atoms with E-state index in [1.54, 1.807) is 0 Å². The van der Waals surface area contributed by atoms with E-state index in [0.29, 0.717) is 23.1 Å². The van der Waals surface area contributed by atoms with Crippen LogP contribution in [-0.2, 0) is 9.59 Å². The van der Waals surface area contributed by atoms with E-state index in [9.17, 15) is 14.0 Å². The van der Waals surface area contributed by atoms with Crippen LogP contribution in [0.1, 0.15) is 56.4 Å². The van der Waals surface area contributed by atoms with Crippen LogP contribution in [-0.4, -0.2) is 55.5 Å². The minimum atomic E-state index is -0.281. The topological polar surface area (TPSA) is 78.7 Å². The van der Waals surface area contributed by atoms with E-state index < -0.39 is 0 Å². The SMILES string of the molecule is NC1CC12CCN(CC1CCN(c3ccc(C4CC(=O)NC(=O)C4)cc3F)CC1)CC2. The first-order chi connectivity index (χ1) is 14.9. The summed E-state index contributed by atoms with van der Waals surface area (Å²) in [7, 11) is 0. The highest BCUT2D eigenvalue weighted by Gasteiger charge is 2.52. The Bertz CT molecular complexity index is 843. The first-order valence-electron chi connectivity index (χ1n) is 11.8. The predicted molar refractivity (Wildman–Crippen MR) is 117 cm³/mol. The molecule has 1 unspecified atom stereocenters. The Balaban J connectivity index is 1.13. The van der Waals surface area contributed by atoms with Crippen molar-refractivity contribution in [2.45, 2.75) is 56.9 Å². The number of likely N-dealkylation sites (tertiary alicyclic amines) is 1. The molecule has 3 saturated heterocycles. The number of carbonyl (C=O) groups excluding carboxylic acids is 2. The molecule has 3 heterocycles. The van der Waals surface area contributed by atoms with E-state index in [1.807, 2.05) is 12.1 Å². The van der Waals surface area contributed by atoms with Gasteiger partial charge in [0.15, 0.2) is 0 Å². The van der Waals surface area contributed by atoms with Gasteiger partial charge in [0, 0.05) is 44.4 Å². The van der Waals surface area contributed by atoms with Crippen LogP contribution in [0.5, 0.6) is 0 Å². The van der Waals surface area contributed by atoms with Crippen molar-refractivity contribution in [1.29, 1.82) is 0 Å². The number of benzene rings is 1. The van der Waals surface area contributed by atoms with Gasteiger partial charge in [0.25, 0.3) is 0 Å². The standard InChI is InChI=1S/C24H33FN4O2/c25-19-11-17(18-12-22(30)27-23(31)13-18)1-2-20(19)29-7-3-16(4-8-29)15-28-9-5-24(6-10-28)14-21(24)26/h1-2,11,16,18,21H,3-10,12-15,26H2,(H,27,30,31). The van der Waals surface area contributed by atoms with Gasteiger partial charge >= 0.3 is 0 Å². The summed E-state index contributed by atoms with van der Waals surface area (Å²) in [6, 6.07) is 5.66. The zero-order valence-electron chi connectivity index (χ0n) is 18.1. The number of hydrogen-bond acceptors (Lipinski definition) is 5. The molecule has 4 fully saturated rings. The van der Waals surface area contributed by atoms with Gasteiger partial charge in [-0.05, 0) is 74.2 Å². The van der Waals surface area contributed by atoms with Crippen LogP contribution in [0, 0.1) is 17.2 Å². The van der Waals surface area contributed by atoms with E-state index in [4.69, 9.17) is 5.73 Å². The fraction of sp³-hybridized carbons (Fsp3) is 0.667. The van der Waals surface area contributed by atoms with Crippen molar-refractivity contribution in [2.75, 3.05) is 37.6 Å². The van der Waals surface area contributed by atoms with Crippen molar-refractivity contribution in [3.63, 3.8) is 0 Å². The summed E-state index contributed by atoms with van der Waals surface area (Å²) in [6.07, 6.45) is 6.35. The molecule has 0 radical (unpaired) electrons. The van der Waals surface area contributed by atoms with Crippen molar-refractivity contribution in [1.82, 2.24) is 10.2 Å². The average molecular weight is 429 g/mol. The molecule has 4 aliphatic rings. The molecule has 2 amide bonds. The lowest BCUT2D eigenvalue weighted by molar-refractivity contribution is -0.133. The largest absolute Gasteiger partial charge is 0.369 e. The van der Waals surface area contributed by atoms with Crippen LogP contribution in [0.25, 0.3) is 0 Å². The van der Waals surface area contributed by atoms with Crippen molar-refractivity contribution in [2.24, 2.45) is 17.1 Å². The van der Waals surface area contributed by atoms with Gasteiger partial charge in [-0.25, -0.2) is 4.39 Å². The number of rotatable bonds is 4. The molecule has 0 aromatic heterocycles. The Labute approximate surface area is 183 Å². The molecular formula is C24H33FN4O2. The van der Waals surface area contributed by atoms with Gasteiger partial charge in [-0.15, -0.1) is 0 Å². The Morgan fingerprint density at radius 3 is 2.29 bits per heavy atom. The molecule has 1 aromatic carbocycles. The molecule has 7 heteroatoms. The van der Waals surface area contributed by atoms with E-state index in [-0.39, 0.29) is 36.4 Å². The summed E-state index contributed by atoms with van der Waals surface area (Å²) in [6.45, 7) is 5.23. The van der Waals surface area contributed by atoms with Gasteiger partial charge in [-0.2, -0.15) is 0 Å². The zero-order valence-corrected chi connectivity index (χ0v) is 18.1. The Hall–Kier alpha value is -1.99. The van der Waals surface area contributed by atoms with E-state index >= 15 is 0 Å². The molecule has 5 rings (SSSR count). The van der Waals surface area contributed by atoms with Gasteiger partial charge in [0.2, 0.25) is 11.8 Å². The van der Waals surface area contributed by atoms with Crippen LogP contribution in [0.2, 0.25) is 0 Å².